The maximum absolute atomic E-state index is 13.0. The number of hydrogen-bond donors (Lipinski definition) is 1. The zero-order valence-corrected chi connectivity index (χ0v) is 22.4. The van der Waals surface area contributed by atoms with Gasteiger partial charge >= 0.3 is 5.69 Å². The molecule has 0 fully saturated rings. The number of nitrogens with one attached hydrogen (secondary N) is 1. The first-order chi connectivity index (χ1) is 18.2. The SMILES string of the molecule is C.C=CC(=O)Nc1cc(Cc2nccc(-n3c(=O)n(C)c4ccccc43)n2)c(OC)cc1N(C)CCN(C)C. The van der Waals surface area contributed by atoms with E-state index >= 15 is 0 Å². The lowest BCUT2D eigenvalue weighted by Gasteiger charge is -2.25. The summed E-state index contributed by atoms with van der Waals surface area (Å²) in [6, 6.07) is 13.1. The van der Waals surface area contributed by atoms with Gasteiger partial charge in [0.25, 0.3) is 0 Å². The normalized spacial score (nSPS) is 10.8. The molecule has 0 atom stereocenters. The van der Waals surface area contributed by atoms with Crippen molar-refractivity contribution in [2.75, 3.05) is 51.6 Å². The number of benzene rings is 2. The molecule has 0 bridgehead atoms. The number of carbonyl (C=O) groups is 1. The average Bonchev–Trinajstić information content (AvgIpc) is 3.17. The second-order valence-corrected chi connectivity index (χ2v) is 9.27. The number of para-hydroxylation sites is 2. The van der Waals surface area contributed by atoms with Crippen LogP contribution in [0.5, 0.6) is 5.75 Å². The van der Waals surface area contributed by atoms with Gasteiger partial charge in [-0.25, -0.2) is 19.3 Å². The molecule has 0 radical (unpaired) electrons. The van der Waals surface area contributed by atoms with E-state index in [9.17, 15) is 9.59 Å². The van der Waals surface area contributed by atoms with E-state index in [1.54, 1.807) is 35.6 Å². The summed E-state index contributed by atoms with van der Waals surface area (Å²) in [7, 11) is 9.34. The fourth-order valence-corrected chi connectivity index (χ4v) is 4.29. The molecule has 4 aromatic rings. The second-order valence-electron chi connectivity index (χ2n) is 9.27. The number of methoxy groups -OCH3 is 1. The largest absolute Gasteiger partial charge is 0.496 e. The molecule has 0 saturated carbocycles. The van der Waals surface area contributed by atoms with Crippen LogP contribution >= 0.6 is 0 Å². The minimum atomic E-state index is -0.308. The van der Waals surface area contributed by atoms with Crippen LogP contribution in [0.15, 0.2) is 66.1 Å². The highest BCUT2D eigenvalue weighted by molar-refractivity contribution is 6.01. The van der Waals surface area contributed by atoms with Gasteiger partial charge in [-0.1, -0.05) is 26.1 Å². The van der Waals surface area contributed by atoms with Crippen molar-refractivity contribution in [1.82, 2.24) is 24.0 Å². The Morgan fingerprint density at radius 1 is 1.13 bits per heavy atom. The minimum absolute atomic E-state index is 0. The molecule has 4 rings (SSSR count). The van der Waals surface area contributed by atoms with Crippen molar-refractivity contribution >= 4 is 28.3 Å². The van der Waals surface area contributed by atoms with E-state index in [1.807, 2.05) is 57.5 Å². The quantitative estimate of drug-likeness (QED) is 0.313. The van der Waals surface area contributed by atoms with Crippen molar-refractivity contribution in [3.63, 3.8) is 0 Å². The zero-order valence-electron chi connectivity index (χ0n) is 22.4. The molecular formula is C29H37N7O3. The Hall–Kier alpha value is -4.44. The third-order valence-corrected chi connectivity index (χ3v) is 6.37. The predicted molar refractivity (Wildman–Crippen MR) is 157 cm³/mol. The Morgan fingerprint density at radius 3 is 2.51 bits per heavy atom. The van der Waals surface area contributed by atoms with E-state index in [4.69, 9.17) is 9.72 Å². The van der Waals surface area contributed by atoms with Crippen LogP contribution < -0.4 is 20.6 Å². The van der Waals surface area contributed by atoms with Gasteiger partial charge in [0, 0.05) is 51.4 Å². The molecule has 0 unspecified atom stereocenters. The number of amides is 1. The zero-order chi connectivity index (χ0) is 27.4. The monoisotopic (exact) mass is 531 g/mol. The number of carbonyl (C=O) groups excluding carboxylic acids is 1. The lowest BCUT2D eigenvalue weighted by Crippen LogP contribution is -2.29. The van der Waals surface area contributed by atoms with Gasteiger partial charge in [-0.2, -0.15) is 0 Å². The summed E-state index contributed by atoms with van der Waals surface area (Å²) < 4.78 is 8.91. The summed E-state index contributed by atoms with van der Waals surface area (Å²) in [5.74, 6) is 1.33. The van der Waals surface area contributed by atoms with Crippen LogP contribution in [0.4, 0.5) is 11.4 Å². The fraction of sp³-hybridized carbons (Fsp3) is 0.310. The number of nitrogens with zero attached hydrogens (tertiary/aromatic N) is 6. The molecule has 0 aliphatic carbocycles. The van der Waals surface area contributed by atoms with E-state index < -0.39 is 0 Å². The number of imidazole rings is 1. The number of anilines is 2. The van der Waals surface area contributed by atoms with Crippen molar-refractivity contribution in [2.24, 2.45) is 7.05 Å². The van der Waals surface area contributed by atoms with Gasteiger partial charge in [-0.15, -0.1) is 0 Å². The van der Waals surface area contributed by atoms with Crippen molar-refractivity contribution < 1.29 is 9.53 Å². The molecule has 2 heterocycles. The van der Waals surface area contributed by atoms with Crippen LogP contribution in [0.25, 0.3) is 16.9 Å². The smallest absolute Gasteiger partial charge is 0.334 e. The summed E-state index contributed by atoms with van der Waals surface area (Å²) in [4.78, 5) is 38.6. The first-order valence-corrected chi connectivity index (χ1v) is 12.2. The van der Waals surface area contributed by atoms with Crippen LogP contribution in [0.3, 0.4) is 0 Å². The predicted octanol–water partition coefficient (Wildman–Crippen LogP) is 3.48. The lowest BCUT2D eigenvalue weighted by molar-refractivity contribution is -0.111. The van der Waals surface area contributed by atoms with Crippen LogP contribution in [0, 0.1) is 0 Å². The summed E-state index contributed by atoms with van der Waals surface area (Å²) in [6.45, 7) is 5.16. The van der Waals surface area contributed by atoms with E-state index in [1.165, 1.54) is 6.08 Å². The first kappa shape index (κ1) is 29.1. The minimum Gasteiger partial charge on any atom is -0.496 e. The van der Waals surface area contributed by atoms with E-state index in [2.05, 4.69) is 26.7 Å². The molecule has 1 N–H and O–H groups in total. The Morgan fingerprint density at radius 2 is 1.85 bits per heavy atom. The molecule has 0 aliphatic rings. The molecule has 0 saturated heterocycles. The maximum Gasteiger partial charge on any atom is 0.334 e. The van der Waals surface area contributed by atoms with Gasteiger partial charge in [-0.05, 0) is 44.4 Å². The van der Waals surface area contributed by atoms with Crippen LogP contribution in [-0.4, -0.2) is 71.3 Å². The molecule has 2 aromatic carbocycles. The van der Waals surface area contributed by atoms with E-state index in [0.717, 1.165) is 35.4 Å². The molecule has 1 amide bonds. The number of rotatable bonds is 10. The number of fused-ring (bicyclic) bond motifs is 1. The van der Waals surface area contributed by atoms with E-state index in [0.29, 0.717) is 29.5 Å². The van der Waals surface area contributed by atoms with Gasteiger partial charge in [0.2, 0.25) is 5.91 Å². The lowest BCUT2D eigenvalue weighted by atomic mass is 10.1. The Kier molecular flexibility index (Phi) is 9.26. The number of ether oxygens (including phenoxy) is 1. The summed E-state index contributed by atoms with van der Waals surface area (Å²) >= 11 is 0. The number of aromatic nitrogens is 4. The van der Waals surface area contributed by atoms with Gasteiger partial charge in [0.15, 0.2) is 0 Å². The molecular weight excluding hydrogens is 494 g/mol. The van der Waals surface area contributed by atoms with Crippen LogP contribution in [0.2, 0.25) is 0 Å². The van der Waals surface area contributed by atoms with Crippen LogP contribution in [-0.2, 0) is 18.3 Å². The molecule has 10 heteroatoms. The molecule has 206 valence electrons. The Balaban J connectivity index is 0.00000420. The van der Waals surface area contributed by atoms with Gasteiger partial charge < -0.3 is 19.9 Å². The second kappa shape index (κ2) is 12.4. The average molecular weight is 532 g/mol. The van der Waals surface area contributed by atoms with Crippen molar-refractivity contribution in [1.29, 1.82) is 0 Å². The highest BCUT2D eigenvalue weighted by atomic mass is 16.5. The number of hydrogen-bond acceptors (Lipinski definition) is 7. The van der Waals surface area contributed by atoms with Crippen LogP contribution in [0.1, 0.15) is 18.8 Å². The van der Waals surface area contributed by atoms with Crippen molar-refractivity contribution in [2.45, 2.75) is 13.8 Å². The van der Waals surface area contributed by atoms with Gasteiger partial charge in [0.05, 0.1) is 29.5 Å². The topological polar surface area (TPSA) is 97.5 Å². The standard InChI is InChI=1S/C28H33N7O3.CH4/c1-7-27(36)30-20-16-19(24(38-6)18-23(20)33(4)15-14-32(2)3)17-25-29-13-12-26(31-25)35-22-11-9-8-10-21(22)34(5)28(35)37;/h7-13,16,18H,1,14-15,17H2,2-6H3,(H,30,36);1H4. The van der Waals surface area contributed by atoms with Crippen molar-refractivity contribution in [3.05, 3.63) is 83.2 Å². The molecule has 0 aliphatic heterocycles. The molecule has 2 aromatic heterocycles. The maximum atomic E-state index is 13.0. The van der Waals surface area contributed by atoms with Gasteiger partial charge in [-0.3, -0.25) is 9.36 Å². The number of likely N-dealkylation sites (N-methyl/N-ethyl adjacent to an activating group) is 2. The molecule has 39 heavy (non-hydrogen) atoms. The summed E-state index contributed by atoms with van der Waals surface area (Å²) in [5, 5.41) is 2.92. The van der Waals surface area contributed by atoms with E-state index in [-0.39, 0.29) is 19.0 Å². The van der Waals surface area contributed by atoms with Crippen molar-refractivity contribution in [3.8, 4) is 11.6 Å². The number of aryl methyl sites for hydroxylation is 1. The third kappa shape index (κ3) is 6.18. The van der Waals surface area contributed by atoms with Gasteiger partial charge in [0.1, 0.15) is 17.4 Å². The third-order valence-electron chi connectivity index (χ3n) is 6.37. The summed E-state index contributed by atoms with van der Waals surface area (Å²) in [6.07, 6.45) is 3.21. The fourth-order valence-electron chi connectivity index (χ4n) is 4.29. The highest BCUT2D eigenvalue weighted by Gasteiger charge is 2.18. The molecule has 10 nitrogen and oxygen atoms in total. The Labute approximate surface area is 229 Å². The molecule has 0 spiro atoms. The summed E-state index contributed by atoms with van der Waals surface area (Å²) in [5.41, 5.74) is 3.64. The Bertz CT molecular complexity index is 1540. The highest BCUT2D eigenvalue weighted by Crippen LogP contribution is 2.34. The first-order valence-electron chi connectivity index (χ1n) is 12.2.